The van der Waals surface area contributed by atoms with Gasteiger partial charge in [-0.2, -0.15) is 0 Å². The first-order chi connectivity index (χ1) is 17.9. The second-order valence-electron chi connectivity index (χ2n) is 9.02. The molecule has 2 amide bonds. The highest BCUT2D eigenvalue weighted by molar-refractivity contribution is 8.16. The van der Waals surface area contributed by atoms with Crippen LogP contribution >= 0.6 is 11.8 Å². The second kappa shape index (κ2) is 11.7. The number of methoxy groups -OCH3 is 1. The van der Waals surface area contributed by atoms with E-state index in [1.54, 1.807) is 7.11 Å². The van der Waals surface area contributed by atoms with E-state index in [9.17, 15) is 9.59 Å². The van der Waals surface area contributed by atoms with Crippen molar-refractivity contribution in [1.82, 2.24) is 15.1 Å². The topological polar surface area (TPSA) is 74.2 Å². The Balaban J connectivity index is 1.67. The Morgan fingerprint density at radius 2 is 1.86 bits per heavy atom. The van der Waals surface area contributed by atoms with Gasteiger partial charge >= 0.3 is 0 Å². The number of rotatable bonds is 9. The van der Waals surface area contributed by atoms with Crippen LogP contribution in [0.2, 0.25) is 0 Å². The number of hydrogen-bond acceptors (Lipinski definition) is 6. The van der Waals surface area contributed by atoms with E-state index < -0.39 is 6.04 Å². The van der Waals surface area contributed by atoms with Crippen LogP contribution < -0.4 is 10.1 Å². The van der Waals surface area contributed by atoms with E-state index >= 15 is 0 Å². The monoisotopic (exact) mass is 518 g/mol. The molecule has 2 unspecified atom stereocenters. The van der Waals surface area contributed by atoms with Gasteiger partial charge in [0.25, 0.3) is 5.91 Å². The summed E-state index contributed by atoms with van der Waals surface area (Å²) in [4.78, 5) is 35.6. The molecule has 2 aromatic rings. The molecular weight excluding hydrogens is 484 g/mol. The number of aliphatic imine (C=N–C) groups is 1. The highest BCUT2D eigenvalue weighted by atomic mass is 32.2. The standard InChI is InChI=1S/C29H34N4O3S/c1-6-32(7-2)28(35)26-20(4)31-29-33(27(26)22-14-11-15-24(16-22)36-5)23(18-37-29)17-25(34)30-19(3)21-12-9-8-10-13-21/h8-16,18-19,27H,6-7,17H2,1-5H3,(H,30,34). The average molecular weight is 519 g/mol. The van der Waals surface area contributed by atoms with Crippen LogP contribution in [0.3, 0.4) is 0 Å². The Hall–Kier alpha value is -3.52. The summed E-state index contributed by atoms with van der Waals surface area (Å²) >= 11 is 1.48. The Bertz CT molecular complexity index is 1250. The molecule has 37 heavy (non-hydrogen) atoms. The number of fused-ring (bicyclic) bond motifs is 1. The highest BCUT2D eigenvalue weighted by Crippen LogP contribution is 2.45. The molecule has 2 aliphatic heterocycles. The molecule has 0 spiro atoms. The summed E-state index contributed by atoms with van der Waals surface area (Å²) < 4.78 is 5.50. The number of nitrogens with one attached hydrogen (secondary N) is 1. The van der Waals surface area contributed by atoms with Gasteiger partial charge in [-0.1, -0.05) is 54.2 Å². The summed E-state index contributed by atoms with van der Waals surface area (Å²) in [7, 11) is 1.63. The van der Waals surface area contributed by atoms with Crippen LogP contribution in [-0.4, -0.2) is 47.0 Å². The van der Waals surface area contributed by atoms with Crippen LogP contribution in [0.5, 0.6) is 5.75 Å². The fourth-order valence-electron chi connectivity index (χ4n) is 4.73. The summed E-state index contributed by atoms with van der Waals surface area (Å²) in [6, 6.07) is 17.1. The van der Waals surface area contributed by atoms with Gasteiger partial charge in [-0.3, -0.25) is 9.59 Å². The van der Waals surface area contributed by atoms with Crippen molar-refractivity contribution in [2.24, 2.45) is 4.99 Å². The maximum atomic E-state index is 13.8. The molecule has 2 aromatic carbocycles. The summed E-state index contributed by atoms with van der Waals surface area (Å²) in [6.07, 6.45) is 0.176. The molecule has 8 heteroatoms. The summed E-state index contributed by atoms with van der Waals surface area (Å²) in [6.45, 7) is 9.02. The molecule has 0 aromatic heterocycles. The molecule has 2 atom stereocenters. The Morgan fingerprint density at radius 1 is 1.14 bits per heavy atom. The molecule has 0 saturated carbocycles. The molecule has 194 valence electrons. The van der Waals surface area contributed by atoms with Crippen LogP contribution in [0.15, 0.2) is 82.0 Å². The van der Waals surface area contributed by atoms with Gasteiger partial charge in [-0.25, -0.2) is 4.99 Å². The van der Waals surface area contributed by atoms with Gasteiger partial charge in [0.05, 0.1) is 36.9 Å². The predicted octanol–water partition coefficient (Wildman–Crippen LogP) is 5.41. The first kappa shape index (κ1) is 26.5. The molecule has 4 rings (SSSR count). The van der Waals surface area contributed by atoms with Crippen molar-refractivity contribution in [2.45, 2.75) is 46.2 Å². The quantitative estimate of drug-likeness (QED) is 0.481. The number of hydrogen-bond donors (Lipinski definition) is 1. The molecule has 2 heterocycles. The smallest absolute Gasteiger partial charge is 0.254 e. The maximum absolute atomic E-state index is 13.8. The third-order valence-corrected chi connectivity index (χ3v) is 7.60. The number of carbonyl (C=O) groups is 2. The van der Waals surface area contributed by atoms with Crippen molar-refractivity contribution >= 4 is 28.7 Å². The van der Waals surface area contributed by atoms with Gasteiger partial charge in [-0.05, 0) is 56.4 Å². The fourth-order valence-corrected chi connectivity index (χ4v) is 5.70. The molecule has 0 bridgehead atoms. The van der Waals surface area contributed by atoms with Gasteiger partial charge in [0.2, 0.25) is 5.91 Å². The SMILES string of the molecule is CCN(CC)C(=O)C1=C(C)N=C2SC=C(CC(=O)NC(C)c3ccccc3)N2C1c1cccc(OC)c1. The summed E-state index contributed by atoms with van der Waals surface area (Å²) in [5.74, 6) is 0.578. The van der Waals surface area contributed by atoms with E-state index in [1.807, 2.05) is 97.5 Å². The van der Waals surface area contributed by atoms with Gasteiger partial charge in [0.15, 0.2) is 5.17 Å². The first-order valence-electron chi connectivity index (χ1n) is 12.6. The number of benzene rings is 2. The van der Waals surface area contributed by atoms with Crippen LogP contribution in [0.1, 0.15) is 57.3 Å². The molecule has 0 aliphatic carbocycles. The molecule has 1 N–H and O–H groups in total. The number of nitrogens with zero attached hydrogens (tertiary/aromatic N) is 3. The van der Waals surface area contributed by atoms with Crippen molar-refractivity contribution in [3.63, 3.8) is 0 Å². The Kier molecular flexibility index (Phi) is 8.38. The van der Waals surface area contributed by atoms with Gasteiger partial charge in [-0.15, -0.1) is 0 Å². The number of thioether (sulfide) groups is 1. The van der Waals surface area contributed by atoms with E-state index in [2.05, 4.69) is 5.32 Å². The normalized spacial score (nSPS) is 17.5. The number of carbonyl (C=O) groups excluding carboxylic acids is 2. The lowest BCUT2D eigenvalue weighted by atomic mass is 9.92. The minimum Gasteiger partial charge on any atom is -0.497 e. The lowest BCUT2D eigenvalue weighted by molar-refractivity contribution is -0.127. The molecule has 7 nitrogen and oxygen atoms in total. The molecule has 0 fully saturated rings. The van der Waals surface area contributed by atoms with Crippen LogP contribution in [0.25, 0.3) is 0 Å². The average Bonchev–Trinajstić information content (AvgIpc) is 3.30. The van der Waals surface area contributed by atoms with Gasteiger partial charge < -0.3 is 19.9 Å². The first-order valence-corrected chi connectivity index (χ1v) is 13.5. The van der Waals surface area contributed by atoms with Crippen molar-refractivity contribution in [2.75, 3.05) is 20.2 Å². The highest BCUT2D eigenvalue weighted by Gasteiger charge is 2.41. The number of amidine groups is 1. The van der Waals surface area contributed by atoms with E-state index in [4.69, 9.17) is 9.73 Å². The van der Waals surface area contributed by atoms with Crippen molar-refractivity contribution < 1.29 is 14.3 Å². The zero-order chi connectivity index (χ0) is 26.5. The fraction of sp³-hybridized carbons (Fsp3) is 0.345. The predicted molar refractivity (Wildman–Crippen MR) is 149 cm³/mol. The second-order valence-corrected chi connectivity index (χ2v) is 9.86. The van der Waals surface area contributed by atoms with Gasteiger partial charge in [0.1, 0.15) is 5.75 Å². The van der Waals surface area contributed by atoms with E-state index in [0.29, 0.717) is 30.1 Å². The van der Waals surface area contributed by atoms with Crippen LogP contribution in [0.4, 0.5) is 0 Å². The third kappa shape index (κ3) is 5.59. The van der Waals surface area contributed by atoms with Crippen molar-refractivity contribution in [3.05, 3.63) is 88.1 Å². The molecule has 2 aliphatic rings. The zero-order valence-electron chi connectivity index (χ0n) is 22.0. The van der Waals surface area contributed by atoms with E-state index in [1.165, 1.54) is 11.8 Å². The largest absolute Gasteiger partial charge is 0.497 e. The molecular formula is C29H34N4O3S. The zero-order valence-corrected chi connectivity index (χ0v) is 22.8. The third-order valence-electron chi connectivity index (χ3n) is 6.71. The van der Waals surface area contributed by atoms with Crippen LogP contribution in [-0.2, 0) is 9.59 Å². The van der Waals surface area contributed by atoms with Gasteiger partial charge in [0, 0.05) is 18.8 Å². The number of ether oxygens (including phenoxy) is 1. The Labute approximate surface area is 223 Å². The molecule has 0 saturated heterocycles. The number of amides is 2. The lowest BCUT2D eigenvalue weighted by Gasteiger charge is -2.38. The molecule has 0 radical (unpaired) electrons. The van der Waals surface area contributed by atoms with E-state index in [-0.39, 0.29) is 24.3 Å². The lowest BCUT2D eigenvalue weighted by Crippen LogP contribution is -2.42. The van der Waals surface area contributed by atoms with Crippen molar-refractivity contribution in [1.29, 1.82) is 0 Å². The number of likely N-dealkylation sites (N-methyl/N-ethyl adjacent to an activating group) is 1. The minimum absolute atomic E-state index is 0.0449. The minimum atomic E-state index is -0.420. The maximum Gasteiger partial charge on any atom is 0.254 e. The summed E-state index contributed by atoms with van der Waals surface area (Å²) in [5, 5.41) is 5.84. The van der Waals surface area contributed by atoms with Crippen molar-refractivity contribution in [3.8, 4) is 5.75 Å². The summed E-state index contributed by atoms with van der Waals surface area (Å²) in [5.41, 5.74) is 4.08. The number of allylic oxidation sites excluding steroid dienone is 1. The Morgan fingerprint density at radius 3 is 2.54 bits per heavy atom. The van der Waals surface area contributed by atoms with Crippen LogP contribution in [0, 0.1) is 0 Å². The van der Waals surface area contributed by atoms with E-state index in [0.717, 1.165) is 22.0 Å².